The van der Waals surface area contributed by atoms with Gasteiger partial charge in [0.15, 0.2) is 0 Å². The molecule has 2 atom stereocenters. The minimum absolute atomic E-state index is 0.102. The fraction of sp³-hybridized carbons (Fsp3) is 0.682. The average Bonchev–Trinajstić information content (AvgIpc) is 2.67. The molecule has 27 heavy (non-hydrogen) atoms. The van der Waals surface area contributed by atoms with E-state index >= 15 is 0 Å². The fourth-order valence-electron chi connectivity index (χ4n) is 5.27. The van der Waals surface area contributed by atoms with Crippen LogP contribution in [-0.2, 0) is 16.1 Å². The molecular formula is C22H31NO4. The van der Waals surface area contributed by atoms with Crippen molar-refractivity contribution in [1.29, 1.82) is 0 Å². The normalized spacial score (nSPS) is 31.5. The lowest BCUT2D eigenvalue weighted by Gasteiger charge is -2.52. The van der Waals surface area contributed by atoms with Crippen molar-refractivity contribution in [1.82, 2.24) is 4.90 Å². The Morgan fingerprint density at radius 1 is 1.11 bits per heavy atom. The van der Waals surface area contributed by atoms with E-state index in [1.165, 1.54) is 0 Å². The van der Waals surface area contributed by atoms with Gasteiger partial charge in [0.05, 0.1) is 5.60 Å². The molecule has 1 aromatic rings. The van der Waals surface area contributed by atoms with Crippen LogP contribution in [-0.4, -0.2) is 47.0 Å². The second-order valence-electron chi connectivity index (χ2n) is 8.58. The van der Waals surface area contributed by atoms with E-state index < -0.39 is 5.60 Å². The van der Waals surface area contributed by atoms with Crippen molar-refractivity contribution in [3.63, 3.8) is 0 Å². The number of carbonyl (C=O) groups excluding carboxylic acids is 1. The van der Waals surface area contributed by atoms with Gasteiger partial charge in [-0.15, -0.1) is 0 Å². The molecule has 0 aliphatic carbocycles. The van der Waals surface area contributed by atoms with Crippen molar-refractivity contribution in [2.24, 2.45) is 5.92 Å². The number of rotatable bonds is 4. The summed E-state index contributed by atoms with van der Waals surface area (Å²) in [4.78, 5) is 14.7. The first-order valence-corrected chi connectivity index (χ1v) is 10.4. The molecule has 3 aliphatic rings. The van der Waals surface area contributed by atoms with E-state index in [-0.39, 0.29) is 18.2 Å². The number of hydrogen-bond donors (Lipinski definition) is 1. The van der Waals surface area contributed by atoms with Crippen molar-refractivity contribution in [2.75, 3.05) is 13.2 Å². The molecule has 3 fully saturated rings. The van der Waals surface area contributed by atoms with Crippen LogP contribution in [0.5, 0.6) is 0 Å². The van der Waals surface area contributed by atoms with Gasteiger partial charge in [-0.2, -0.15) is 0 Å². The Balaban J connectivity index is 1.38. The minimum Gasteiger partial charge on any atom is -0.445 e. The Morgan fingerprint density at radius 3 is 2.44 bits per heavy atom. The first kappa shape index (κ1) is 18.8. The second kappa shape index (κ2) is 8.19. The van der Waals surface area contributed by atoms with E-state index in [4.69, 9.17) is 9.47 Å². The number of nitrogens with zero attached hydrogens (tertiary/aromatic N) is 1. The number of fused-ring (bicyclic) bond motifs is 2. The van der Waals surface area contributed by atoms with Gasteiger partial charge in [0.25, 0.3) is 0 Å². The Bertz CT molecular complexity index is 614. The molecule has 0 spiro atoms. The number of hydrogen-bond acceptors (Lipinski definition) is 4. The van der Waals surface area contributed by atoms with Crippen molar-refractivity contribution in [3.05, 3.63) is 35.9 Å². The Kier molecular flexibility index (Phi) is 5.69. The molecule has 3 saturated heterocycles. The van der Waals surface area contributed by atoms with Crippen LogP contribution in [0.3, 0.4) is 0 Å². The number of piperidine rings is 2. The topological polar surface area (TPSA) is 59.0 Å². The van der Waals surface area contributed by atoms with Crippen molar-refractivity contribution in [2.45, 2.75) is 75.7 Å². The first-order chi connectivity index (χ1) is 13.1. The van der Waals surface area contributed by atoms with Gasteiger partial charge >= 0.3 is 6.09 Å². The highest BCUT2D eigenvalue weighted by Crippen LogP contribution is 2.43. The largest absolute Gasteiger partial charge is 0.445 e. The summed E-state index contributed by atoms with van der Waals surface area (Å²) < 4.78 is 11.1. The Labute approximate surface area is 161 Å². The zero-order valence-corrected chi connectivity index (χ0v) is 16.0. The van der Waals surface area contributed by atoms with E-state index in [0.717, 1.165) is 57.3 Å². The third kappa shape index (κ3) is 4.46. The molecule has 0 saturated carbocycles. The molecule has 2 bridgehead atoms. The lowest BCUT2D eigenvalue weighted by molar-refractivity contribution is -0.101. The molecule has 2 unspecified atom stereocenters. The molecule has 5 nitrogen and oxygen atoms in total. The third-order valence-electron chi connectivity index (χ3n) is 6.52. The van der Waals surface area contributed by atoms with Crippen LogP contribution in [0.1, 0.15) is 56.9 Å². The van der Waals surface area contributed by atoms with Gasteiger partial charge in [-0.3, -0.25) is 0 Å². The van der Waals surface area contributed by atoms with Crippen LogP contribution >= 0.6 is 0 Å². The summed E-state index contributed by atoms with van der Waals surface area (Å²) in [5, 5.41) is 11.3. The van der Waals surface area contributed by atoms with Gasteiger partial charge in [-0.05, 0) is 62.8 Å². The monoisotopic (exact) mass is 373 g/mol. The maximum absolute atomic E-state index is 12.8. The average molecular weight is 373 g/mol. The van der Waals surface area contributed by atoms with Gasteiger partial charge in [-0.25, -0.2) is 4.79 Å². The molecule has 1 aromatic carbocycles. The van der Waals surface area contributed by atoms with Crippen LogP contribution in [0.2, 0.25) is 0 Å². The third-order valence-corrected chi connectivity index (χ3v) is 6.52. The maximum atomic E-state index is 12.8. The molecular weight excluding hydrogens is 342 g/mol. The molecule has 0 radical (unpaired) electrons. The highest BCUT2D eigenvalue weighted by Gasteiger charge is 2.48. The number of carbonyl (C=O) groups is 1. The molecule has 4 rings (SSSR count). The summed E-state index contributed by atoms with van der Waals surface area (Å²) in [6, 6.07) is 10.0. The summed E-state index contributed by atoms with van der Waals surface area (Å²) in [5.41, 5.74) is 0.359. The van der Waals surface area contributed by atoms with Crippen molar-refractivity contribution in [3.8, 4) is 0 Å². The Morgan fingerprint density at radius 2 is 1.78 bits per heavy atom. The van der Waals surface area contributed by atoms with Crippen LogP contribution in [0, 0.1) is 5.92 Å². The van der Waals surface area contributed by atoms with Crippen molar-refractivity contribution >= 4 is 6.09 Å². The molecule has 148 valence electrons. The highest BCUT2D eigenvalue weighted by atomic mass is 16.6. The molecule has 3 heterocycles. The number of benzene rings is 1. The predicted molar refractivity (Wildman–Crippen MR) is 102 cm³/mol. The SMILES string of the molecule is O=C(OCc1ccccc1)N1C2CCCC1CC(O)(CC1CCOCC1)C2. The van der Waals surface area contributed by atoms with Gasteiger partial charge in [-0.1, -0.05) is 30.3 Å². The standard InChI is InChI=1S/C22H31NO4/c24-21(27-16-18-5-2-1-3-6-18)23-19-7-4-8-20(23)15-22(25,14-19)13-17-9-11-26-12-10-17/h1-3,5-6,17,19-20,25H,4,7-16H2. The molecule has 5 heteroatoms. The van der Waals surface area contributed by atoms with Gasteiger partial charge in [0.2, 0.25) is 0 Å². The van der Waals surface area contributed by atoms with Crippen LogP contribution in [0.4, 0.5) is 4.79 Å². The lowest BCUT2D eigenvalue weighted by Crippen LogP contribution is -2.60. The van der Waals surface area contributed by atoms with Gasteiger partial charge < -0.3 is 19.5 Å². The summed E-state index contributed by atoms with van der Waals surface area (Å²) in [7, 11) is 0. The number of aliphatic hydroxyl groups is 1. The van der Waals surface area contributed by atoms with E-state index in [0.29, 0.717) is 25.4 Å². The number of amides is 1. The second-order valence-corrected chi connectivity index (χ2v) is 8.58. The maximum Gasteiger partial charge on any atom is 0.410 e. The van der Waals surface area contributed by atoms with Crippen LogP contribution in [0.25, 0.3) is 0 Å². The summed E-state index contributed by atoms with van der Waals surface area (Å²) in [6.07, 6.45) is 7.13. The van der Waals surface area contributed by atoms with Crippen molar-refractivity contribution < 1.29 is 19.4 Å². The van der Waals surface area contributed by atoms with E-state index in [2.05, 4.69) is 0 Å². The summed E-state index contributed by atoms with van der Waals surface area (Å²) in [5.74, 6) is 0.543. The lowest BCUT2D eigenvalue weighted by atomic mass is 9.71. The zero-order chi connectivity index (χ0) is 18.7. The first-order valence-electron chi connectivity index (χ1n) is 10.4. The quantitative estimate of drug-likeness (QED) is 0.870. The van der Waals surface area contributed by atoms with E-state index in [1.807, 2.05) is 35.2 Å². The van der Waals surface area contributed by atoms with Gasteiger partial charge in [0.1, 0.15) is 6.61 Å². The number of ether oxygens (including phenoxy) is 2. The summed E-state index contributed by atoms with van der Waals surface area (Å²) >= 11 is 0. The molecule has 1 amide bonds. The molecule has 1 N–H and O–H groups in total. The smallest absolute Gasteiger partial charge is 0.410 e. The minimum atomic E-state index is -0.645. The van der Waals surface area contributed by atoms with Crippen LogP contribution in [0.15, 0.2) is 30.3 Å². The van der Waals surface area contributed by atoms with Crippen LogP contribution < -0.4 is 0 Å². The fourth-order valence-corrected chi connectivity index (χ4v) is 5.27. The Hall–Kier alpha value is -1.59. The molecule has 0 aromatic heterocycles. The van der Waals surface area contributed by atoms with E-state index in [9.17, 15) is 9.90 Å². The summed E-state index contributed by atoms with van der Waals surface area (Å²) in [6.45, 7) is 1.93. The predicted octanol–water partition coefficient (Wildman–Crippen LogP) is 3.89. The van der Waals surface area contributed by atoms with E-state index in [1.54, 1.807) is 0 Å². The zero-order valence-electron chi connectivity index (χ0n) is 16.0. The molecule has 3 aliphatic heterocycles. The highest BCUT2D eigenvalue weighted by molar-refractivity contribution is 5.69. The van der Waals surface area contributed by atoms with Gasteiger partial charge in [0, 0.05) is 25.3 Å².